The van der Waals surface area contributed by atoms with Crippen LogP contribution < -0.4 is 0 Å². The molecule has 4 heterocycles. The van der Waals surface area contributed by atoms with Gasteiger partial charge in [0.25, 0.3) is 0 Å². The highest BCUT2D eigenvalue weighted by molar-refractivity contribution is 5.97. The second-order valence-corrected chi connectivity index (χ2v) is 8.48. The number of rotatable bonds is 4. The van der Waals surface area contributed by atoms with Crippen LogP contribution in [0.4, 0.5) is 0 Å². The van der Waals surface area contributed by atoms with Crippen molar-refractivity contribution in [1.29, 1.82) is 0 Å². The molecular formula is C25H29N5. The van der Waals surface area contributed by atoms with E-state index in [1.807, 2.05) is 6.20 Å². The summed E-state index contributed by atoms with van der Waals surface area (Å²) in [6.07, 6.45) is 6.43. The van der Waals surface area contributed by atoms with Gasteiger partial charge in [0.15, 0.2) is 5.82 Å². The van der Waals surface area contributed by atoms with Crippen LogP contribution in [0, 0.1) is 13.8 Å². The fourth-order valence-electron chi connectivity index (χ4n) is 4.73. The molecule has 1 aromatic carbocycles. The van der Waals surface area contributed by atoms with Crippen molar-refractivity contribution >= 4 is 5.71 Å². The average molecular weight is 400 g/mol. The molecule has 0 radical (unpaired) electrons. The number of nitrogens with zero attached hydrogens (tertiary/aromatic N) is 5. The van der Waals surface area contributed by atoms with Crippen molar-refractivity contribution in [3.63, 3.8) is 0 Å². The first kappa shape index (κ1) is 19.2. The van der Waals surface area contributed by atoms with E-state index in [1.165, 1.54) is 46.7 Å². The Morgan fingerprint density at radius 1 is 1.03 bits per heavy atom. The summed E-state index contributed by atoms with van der Waals surface area (Å²) < 4.78 is 2.35. The van der Waals surface area contributed by atoms with Crippen molar-refractivity contribution < 1.29 is 0 Å². The number of hydrogen-bond donors (Lipinski definition) is 0. The highest BCUT2D eigenvalue weighted by atomic mass is 15.1. The average Bonchev–Trinajstić information content (AvgIpc) is 3.07. The van der Waals surface area contributed by atoms with Crippen molar-refractivity contribution in [2.45, 2.75) is 52.6 Å². The molecule has 0 unspecified atom stereocenters. The van der Waals surface area contributed by atoms with E-state index in [1.54, 1.807) is 0 Å². The Bertz CT molecular complexity index is 1080. The zero-order valence-corrected chi connectivity index (χ0v) is 17.9. The summed E-state index contributed by atoms with van der Waals surface area (Å²) >= 11 is 0. The van der Waals surface area contributed by atoms with Gasteiger partial charge in [0, 0.05) is 61.4 Å². The summed E-state index contributed by atoms with van der Waals surface area (Å²) in [4.78, 5) is 16.7. The maximum atomic E-state index is 4.88. The van der Waals surface area contributed by atoms with Crippen molar-refractivity contribution in [2.24, 2.45) is 4.99 Å². The van der Waals surface area contributed by atoms with Gasteiger partial charge in [-0.3, -0.25) is 9.89 Å². The van der Waals surface area contributed by atoms with Crippen LogP contribution in [0.25, 0.3) is 5.69 Å². The minimum absolute atomic E-state index is 0.855. The lowest BCUT2D eigenvalue weighted by Gasteiger charge is -2.28. The normalized spacial score (nSPS) is 16.9. The van der Waals surface area contributed by atoms with Crippen LogP contribution in [-0.2, 0) is 19.5 Å². The molecule has 0 amide bonds. The number of para-hydroxylation sites is 1. The molecule has 0 saturated carbocycles. The predicted octanol–water partition coefficient (Wildman–Crippen LogP) is 4.42. The largest absolute Gasteiger partial charge is 0.318 e. The minimum Gasteiger partial charge on any atom is -0.318 e. The molecule has 0 aliphatic carbocycles. The molecule has 0 bridgehead atoms. The number of benzene rings is 1. The molecule has 0 N–H and O–H groups in total. The summed E-state index contributed by atoms with van der Waals surface area (Å²) in [5.74, 6) is 0.855. The monoisotopic (exact) mass is 399 g/mol. The summed E-state index contributed by atoms with van der Waals surface area (Å²) in [6, 6.07) is 12.9. The zero-order chi connectivity index (χ0) is 20.5. The van der Waals surface area contributed by atoms with E-state index in [9.17, 15) is 0 Å². The SMILES string of the molecule is Cc1cc(CN2CCc3nc(C4=NCCCC4)ncc3C2)c(C)n1-c1ccccc1. The number of fused-ring (bicyclic) bond motifs is 1. The van der Waals surface area contributed by atoms with E-state index in [-0.39, 0.29) is 0 Å². The van der Waals surface area contributed by atoms with Crippen LogP contribution in [-0.4, -0.2) is 38.2 Å². The Balaban J connectivity index is 1.33. The van der Waals surface area contributed by atoms with Crippen molar-refractivity contribution in [3.05, 3.63) is 76.6 Å². The number of aromatic nitrogens is 3. The van der Waals surface area contributed by atoms with Gasteiger partial charge in [0.05, 0.1) is 11.4 Å². The smallest absolute Gasteiger partial charge is 0.173 e. The van der Waals surface area contributed by atoms with Crippen LogP contribution in [0.15, 0.2) is 47.6 Å². The van der Waals surface area contributed by atoms with Crippen molar-refractivity contribution in [2.75, 3.05) is 13.1 Å². The van der Waals surface area contributed by atoms with Gasteiger partial charge < -0.3 is 4.57 Å². The fourth-order valence-corrected chi connectivity index (χ4v) is 4.73. The predicted molar refractivity (Wildman–Crippen MR) is 120 cm³/mol. The van der Waals surface area contributed by atoms with Crippen LogP contribution in [0.5, 0.6) is 0 Å². The quantitative estimate of drug-likeness (QED) is 0.653. The van der Waals surface area contributed by atoms with Crippen molar-refractivity contribution in [3.8, 4) is 5.69 Å². The van der Waals surface area contributed by atoms with E-state index < -0.39 is 0 Å². The van der Waals surface area contributed by atoms with Gasteiger partial charge in [-0.05, 0) is 56.9 Å². The van der Waals surface area contributed by atoms with Crippen LogP contribution in [0.2, 0.25) is 0 Å². The first-order valence-electron chi connectivity index (χ1n) is 11.0. The van der Waals surface area contributed by atoms with Crippen LogP contribution in [0.3, 0.4) is 0 Å². The standard InChI is InChI=1S/C25H29N5/c1-18-14-20(19(2)30(18)22-8-4-3-5-9-22)16-29-13-11-23-21(17-29)15-27-25(28-23)24-10-6-7-12-26-24/h3-5,8-9,14-15H,6-7,10-13,16-17H2,1-2H3. The molecule has 5 rings (SSSR count). The molecular weight excluding hydrogens is 370 g/mol. The van der Waals surface area contributed by atoms with Gasteiger partial charge in [-0.1, -0.05) is 18.2 Å². The van der Waals surface area contributed by atoms with Crippen LogP contribution in [0.1, 0.15) is 53.3 Å². The van der Waals surface area contributed by atoms with Gasteiger partial charge >= 0.3 is 0 Å². The Morgan fingerprint density at radius 3 is 2.70 bits per heavy atom. The third kappa shape index (κ3) is 3.70. The van der Waals surface area contributed by atoms with E-state index >= 15 is 0 Å². The molecule has 154 valence electrons. The third-order valence-corrected chi connectivity index (χ3v) is 6.34. The molecule has 30 heavy (non-hydrogen) atoms. The number of hydrogen-bond acceptors (Lipinski definition) is 4. The topological polar surface area (TPSA) is 46.3 Å². The summed E-state index contributed by atoms with van der Waals surface area (Å²) in [5, 5.41) is 0. The van der Waals surface area contributed by atoms with Crippen LogP contribution >= 0.6 is 0 Å². The highest BCUT2D eigenvalue weighted by Crippen LogP contribution is 2.25. The molecule has 2 aromatic heterocycles. The summed E-state index contributed by atoms with van der Waals surface area (Å²) in [6.45, 7) is 8.25. The lowest BCUT2D eigenvalue weighted by atomic mass is 10.0. The molecule has 0 spiro atoms. The van der Waals surface area contributed by atoms with Gasteiger partial charge in [-0.2, -0.15) is 0 Å². The summed E-state index contributed by atoms with van der Waals surface area (Å²) in [7, 11) is 0. The second kappa shape index (κ2) is 8.15. The van der Waals surface area contributed by atoms with E-state index in [4.69, 9.17) is 4.98 Å². The second-order valence-electron chi connectivity index (χ2n) is 8.48. The van der Waals surface area contributed by atoms with Gasteiger partial charge in [0.2, 0.25) is 0 Å². The Labute approximate surface area is 178 Å². The van der Waals surface area contributed by atoms with E-state index in [2.05, 4.69) is 69.7 Å². The maximum absolute atomic E-state index is 4.88. The molecule has 5 nitrogen and oxygen atoms in total. The van der Waals surface area contributed by atoms with Crippen molar-refractivity contribution in [1.82, 2.24) is 19.4 Å². The molecule has 0 fully saturated rings. The number of aliphatic imine (C=N–C) groups is 1. The molecule has 3 aromatic rings. The molecule has 5 heteroatoms. The van der Waals surface area contributed by atoms with E-state index in [0.717, 1.165) is 50.6 Å². The Hall–Kier alpha value is -2.79. The molecule has 0 saturated heterocycles. The van der Waals surface area contributed by atoms with Gasteiger partial charge in [0.1, 0.15) is 0 Å². The molecule has 2 aliphatic rings. The molecule has 2 aliphatic heterocycles. The first-order valence-corrected chi connectivity index (χ1v) is 11.0. The lowest BCUT2D eigenvalue weighted by Crippen LogP contribution is -2.31. The zero-order valence-electron chi connectivity index (χ0n) is 17.9. The fraction of sp³-hybridized carbons (Fsp3) is 0.400. The first-order chi connectivity index (χ1) is 14.7. The lowest BCUT2D eigenvalue weighted by molar-refractivity contribution is 0.242. The van der Waals surface area contributed by atoms with E-state index in [0.29, 0.717) is 0 Å². The number of aryl methyl sites for hydroxylation is 1. The third-order valence-electron chi connectivity index (χ3n) is 6.34. The Morgan fingerprint density at radius 2 is 1.90 bits per heavy atom. The minimum atomic E-state index is 0.855. The summed E-state index contributed by atoms with van der Waals surface area (Å²) in [5.41, 5.74) is 8.80. The van der Waals surface area contributed by atoms with Gasteiger partial charge in [-0.15, -0.1) is 0 Å². The molecule has 0 atom stereocenters. The highest BCUT2D eigenvalue weighted by Gasteiger charge is 2.22. The maximum Gasteiger partial charge on any atom is 0.173 e. The Kier molecular flexibility index (Phi) is 5.21. The van der Waals surface area contributed by atoms with Gasteiger partial charge in [-0.25, -0.2) is 9.97 Å².